The maximum atomic E-state index is 13.9. The number of aromatic nitrogens is 2. The highest BCUT2D eigenvalue weighted by Gasteiger charge is 2.21. The molecule has 0 fully saturated rings. The molecule has 0 bridgehead atoms. The van der Waals surface area contributed by atoms with E-state index in [-0.39, 0.29) is 27.4 Å². The topological polar surface area (TPSA) is 64.3 Å². The number of aromatic carboxylic acids is 1. The van der Waals surface area contributed by atoms with Crippen LogP contribution in [-0.2, 0) is 2.51 Å². The number of carboxylic acids is 1. The maximum Gasteiger partial charge on any atom is 0.353 e. The van der Waals surface area contributed by atoms with Crippen molar-refractivity contribution in [2.24, 2.45) is 0 Å². The Morgan fingerprint density at radius 2 is 2.39 bits per heavy atom. The zero-order valence-corrected chi connectivity index (χ0v) is 12.5. The number of hydrogen-bond donors (Lipinski definition) is 1. The van der Waals surface area contributed by atoms with Gasteiger partial charge in [0.15, 0.2) is 11.5 Å². The lowest BCUT2D eigenvalue weighted by Gasteiger charge is -2.04. The van der Waals surface area contributed by atoms with E-state index in [0.29, 0.717) is 0 Å². The molecular weight excluding hydrogens is 398 g/mol. The molecule has 2 aromatic rings. The molecule has 2 heterocycles. The minimum absolute atomic E-state index is 0.0453. The van der Waals surface area contributed by atoms with Crippen molar-refractivity contribution in [2.45, 2.75) is 6.92 Å². The molecule has 0 saturated carbocycles. The predicted octanol–water partition coefficient (Wildman–Crippen LogP) is 3.61. The Morgan fingerprint density at radius 3 is 2.94 bits per heavy atom. The van der Waals surface area contributed by atoms with Gasteiger partial charge in [-0.15, -0.1) is 0 Å². The Balaban J connectivity index is 2.85. The highest BCUT2D eigenvalue weighted by atomic mass is 127. The highest BCUT2D eigenvalue weighted by Crippen LogP contribution is 2.31. The van der Waals surface area contributed by atoms with E-state index in [2.05, 4.69) is 4.98 Å². The molecule has 0 aliphatic rings. The first kappa shape index (κ1) is 13.8. The van der Waals surface area contributed by atoms with Gasteiger partial charge in [0.05, 0.1) is 16.1 Å². The summed E-state index contributed by atoms with van der Waals surface area (Å²) in [5.41, 5.74) is 0.306. The minimum atomic E-state index is -1.21. The Hall–Kier alpha value is -0.580. The summed E-state index contributed by atoms with van der Waals surface area (Å²) in [6.45, 7) is 1.54. The van der Waals surface area contributed by atoms with Gasteiger partial charge < -0.3 is 5.11 Å². The van der Waals surface area contributed by atoms with Gasteiger partial charge in [0.1, 0.15) is 40.9 Å². The summed E-state index contributed by atoms with van der Waals surface area (Å²) in [4.78, 5) is 15.2. The Morgan fingerprint density at radius 1 is 1.72 bits per heavy atom. The SMILES string of the molecule is Cc1nc2c(cc(C(=O)O)n2SOI)c(F)c1Cl. The quantitative estimate of drug-likeness (QED) is 0.628. The largest absolute Gasteiger partial charge is 0.477 e. The van der Waals surface area contributed by atoms with Gasteiger partial charge in [-0.1, -0.05) is 11.6 Å². The van der Waals surface area contributed by atoms with Crippen molar-refractivity contribution in [1.29, 1.82) is 0 Å². The van der Waals surface area contributed by atoms with E-state index < -0.39 is 11.8 Å². The fourth-order valence-corrected chi connectivity index (χ4v) is 2.59. The number of fused-ring (bicyclic) bond motifs is 1. The minimum Gasteiger partial charge on any atom is -0.477 e. The van der Waals surface area contributed by atoms with Gasteiger partial charge in [-0.05, 0) is 13.0 Å². The molecule has 0 spiro atoms. The van der Waals surface area contributed by atoms with Crippen molar-refractivity contribution < 1.29 is 16.8 Å². The van der Waals surface area contributed by atoms with Crippen molar-refractivity contribution in [3.8, 4) is 0 Å². The summed E-state index contributed by atoms with van der Waals surface area (Å²) in [5.74, 6) is -1.89. The molecule has 0 amide bonds. The van der Waals surface area contributed by atoms with E-state index in [1.807, 2.05) is 0 Å². The average molecular weight is 403 g/mol. The monoisotopic (exact) mass is 402 g/mol. The molecule has 0 aliphatic heterocycles. The molecule has 9 heteroatoms. The third-order valence-corrected chi connectivity index (χ3v) is 3.77. The molecule has 0 radical (unpaired) electrons. The predicted molar refractivity (Wildman–Crippen MR) is 74.5 cm³/mol. The van der Waals surface area contributed by atoms with E-state index in [0.717, 1.165) is 12.2 Å². The van der Waals surface area contributed by atoms with Crippen molar-refractivity contribution in [1.82, 2.24) is 8.96 Å². The van der Waals surface area contributed by atoms with Crippen LogP contribution in [0.4, 0.5) is 4.39 Å². The summed E-state index contributed by atoms with van der Waals surface area (Å²) in [6, 6.07) is 1.17. The lowest BCUT2D eigenvalue weighted by atomic mass is 10.2. The fourth-order valence-electron chi connectivity index (χ4n) is 1.49. The van der Waals surface area contributed by atoms with Gasteiger partial charge in [-0.2, -0.15) is 0 Å². The van der Waals surface area contributed by atoms with E-state index in [1.165, 1.54) is 17.0 Å². The van der Waals surface area contributed by atoms with Gasteiger partial charge >= 0.3 is 5.97 Å². The van der Waals surface area contributed by atoms with Crippen LogP contribution in [0.3, 0.4) is 0 Å². The van der Waals surface area contributed by atoms with Crippen molar-refractivity contribution in [3.63, 3.8) is 0 Å². The van der Waals surface area contributed by atoms with E-state index in [4.69, 9.17) is 19.2 Å². The molecule has 0 unspecified atom stereocenters. The van der Waals surface area contributed by atoms with Crippen LogP contribution in [0.1, 0.15) is 16.2 Å². The van der Waals surface area contributed by atoms with Gasteiger partial charge in [0.25, 0.3) is 0 Å². The van der Waals surface area contributed by atoms with Gasteiger partial charge in [-0.3, -0.25) is 0 Å². The van der Waals surface area contributed by atoms with Crippen LogP contribution in [0, 0.1) is 12.7 Å². The standard InChI is InChI=1S/C9H5ClFIN2O3S/c1-3-6(10)7(11)4-2-5(9(15)16)14(18-17-12)8(4)13-3/h2H,1H3,(H,15,16). The Bertz CT molecular complexity index is 649. The molecule has 0 saturated heterocycles. The molecule has 5 nitrogen and oxygen atoms in total. The number of carboxylic acid groups (broad SMARTS) is 1. The molecule has 0 atom stereocenters. The first-order chi connectivity index (χ1) is 8.47. The van der Waals surface area contributed by atoms with Gasteiger partial charge in [0.2, 0.25) is 0 Å². The number of carbonyl (C=O) groups is 1. The van der Waals surface area contributed by atoms with Gasteiger partial charge in [-0.25, -0.2) is 20.7 Å². The lowest BCUT2D eigenvalue weighted by Crippen LogP contribution is -2.03. The molecule has 1 N–H and O–H groups in total. The third kappa shape index (κ3) is 2.17. The summed E-state index contributed by atoms with van der Waals surface area (Å²) >= 11 is 8.07. The van der Waals surface area contributed by atoms with E-state index >= 15 is 0 Å². The summed E-state index contributed by atoms with van der Waals surface area (Å²) in [7, 11) is 0. The highest BCUT2D eigenvalue weighted by molar-refractivity contribution is 14.1. The summed E-state index contributed by atoms with van der Waals surface area (Å²) < 4.78 is 19.9. The van der Waals surface area contributed by atoms with Crippen LogP contribution in [0.15, 0.2) is 6.07 Å². The van der Waals surface area contributed by atoms with Crippen LogP contribution in [0.25, 0.3) is 11.0 Å². The van der Waals surface area contributed by atoms with Crippen LogP contribution in [0.2, 0.25) is 5.02 Å². The number of halogens is 3. The molecule has 0 aliphatic carbocycles. The molecule has 0 aromatic carbocycles. The van der Waals surface area contributed by atoms with E-state index in [9.17, 15) is 9.18 Å². The number of pyridine rings is 1. The maximum absolute atomic E-state index is 13.9. The Labute approximate surface area is 124 Å². The second-order valence-electron chi connectivity index (χ2n) is 3.33. The summed E-state index contributed by atoms with van der Waals surface area (Å²) in [6.07, 6.45) is 0. The van der Waals surface area contributed by atoms with Crippen LogP contribution < -0.4 is 0 Å². The zero-order chi connectivity index (χ0) is 13.4. The van der Waals surface area contributed by atoms with Crippen molar-refractivity contribution in [3.05, 3.63) is 28.3 Å². The second-order valence-corrected chi connectivity index (χ2v) is 5.43. The van der Waals surface area contributed by atoms with Crippen LogP contribution in [-0.4, -0.2) is 20.0 Å². The van der Waals surface area contributed by atoms with Crippen molar-refractivity contribution in [2.75, 3.05) is 0 Å². The zero-order valence-electron chi connectivity index (χ0n) is 8.78. The first-order valence-electron chi connectivity index (χ1n) is 4.53. The Kier molecular flexibility index (Phi) is 3.99. The summed E-state index contributed by atoms with van der Waals surface area (Å²) in [5, 5.41) is 8.98. The molecule has 18 heavy (non-hydrogen) atoms. The molecule has 2 aromatic heterocycles. The second kappa shape index (κ2) is 5.19. The smallest absolute Gasteiger partial charge is 0.353 e. The molecule has 96 valence electrons. The van der Waals surface area contributed by atoms with Crippen LogP contribution >= 0.6 is 46.8 Å². The van der Waals surface area contributed by atoms with E-state index in [1.54, 1.807) is 23.0 Å². The normalized spacial score (nSPS) is 11.1. The molecular formula is C9H5ClFIN2O3S. The lowest BCUT2D eigenvalue weighted by molar-refractivity contribution is 0.0690. The van der Waals surface area contributed by atoms with Crippen molar-refractivity contribution >= 4 is 63.8 Å². The molecule has 2 rings (SSSR count). The number of aryl methyl sites for hydroxylation is 1. The first-order valence-corrected chi connectivity index (χ1v) is 6.49. The number of nitrogens with zero attached hydrogens (tertiary/aromatic N) is 2. The number of hydrogen-bond acceptors (Lipinski definition) is 4. The van der Waals surface area contributed by atoms with Crippen LogP contribution in [0.5, 0.6) is 0 Å². The third-order valence-electron chi connectivity index (χ3n) is 2.28. The van der Waals surface area contributed by atoms with Gasteiger partial charge in [0, 0.05) is 0 Å². The number of rotatable bonds is 3. The average Bonchev–Trinajstić information content (AvgIpc) is 2.66. The fraction of sp³-hybridized carbons (Fsp3) is 0.111.